The molecule has 0 aliphatic carbocycles. The fourth-order valence-corrected chi connectivity index (χ4v) is 4.97. The molecule has 10 heteroatoms. The van der Waals surface area contributed by atoms with Crippen LogP contribution in [0.5, 0.6) is 5.75 Å². The van der Waals surface area contributed by atoms with E-state index in [0.717, 1.165) is 12.1 Å². The molecule has 0 saturated heterocycles. The second-order valence-electron chi connectivity index (χ2n) is 10.2. The molecule has 1 heterocycles. The molecule has 0 aliphatic heterocycles. The summed E-state index contributed by atoms with van der Waals surface area (Å²) < 4.78 is 58.2. The first kappa shape index (κ1) is 27.3. The number of carboxylic acid groups (broad SMARTS) is 1. The third-order valence-corrected chi connectivity index (χ3v) is 6.71. The van der Waals surface area contributed by atoms with Crippen molar-refractivity contribution >= 4 is 55.3 Å². The van der Waals surface area contributed by atoms with Crippen LogP contribution in [0.1, 0.15) is 61.9 Å². The number of carbonyl (C=O) groups is 2. The van der Waals surface area contributed by atoms with Crippen LogP contribution in [-0.2, 0) is 11.3 Å². The van der Waals surface area contributed by atoms with E-state index in [4.69, 9.17) is 6.85 Å². The fourth-order valence-electron chi connectivity index (χ4n) is 4.97. The van der Waals surface area contributed by atoms with E-state index in [1.54, 1.807) is 24.5 Å². The van der Waals surface area contributed by atoms with Gasteiger partial charge in [-0.3, -0.25) is 4.79 Å². The minimum Gasteiger partial charge on any atom is -0.871 e. The minimum absolute atomic E-state index is 0. The van der Waals surface area contributed by atoms with E-state index >= 15 is 0 Å². The van der Waals surface area contributed by atoms with Gasteiger partial charge in [-0.05, 0) is 60.2 Å². The van der Waals surface area contributed by atoms with Gasteiger partial charge < -0.3 is 35.1 Å². The van der Waals surface area contributed by atoms with Crippen molar-refractivity contribution in [3.8, 4) is 28.1 Å². The van der Waals surface area contributed by atoms with Gasteiger partial charge >= 0.3 is 37.7 Å². The Bertz CT molecular complexity index is 1790. The first-order valence-corrected chi connectivity index (χ1v) is 13.4. The second kappa shape index (κ2) is 15.5. The van der Waals surface area contributed by atoms with E-state index in [9.17, 15) is 34.4 Å². The van der Waals surface area contributed by atoms with Crippen LogP contribution in [0.25, 0.3) is 22.4 Å². The molecule has 220 valence electrons. The Balaban J connectivity index is 0.00000625. The number of aromatic nitrogens is 1. The number of rotatable bonds is 12. The van der Waals surface area contributed by atoms with Gasteiger partial charge in [-0.2, -0.15) is 0 Å². The SMILES string of the molecule is [2H]c1c([2H])c([2H])c(-c2c(C(=O)Nc3ccccc3[O-])c(C(C)C)n(CC[C@@H](O)C[C@@H](O)CC(=O)[O-])c2-c2ccc(F)cc2)c([2H])c1[2H].[Ca+2]. The number of aliphatic carboxylic acids is 1. The van der Waals surface area contributed by atoms with E-state index in [0.29, 0.717) is 11.3 Å². The third kappa shape index (κ3) is 8.46. The van der Waals surface area contributed by atoms with Crippen LogP contribution in [0.2, 0.25) is 0 Å². The first-order chi connectivity index (χ1) is 22.1. The number of halogens is 1. The summed E-state index contributed by atoms with van der Waals surface area (Å²) in [6.45, 7) is 3.45. The number of nitrogens with zero attached hydrogens (tertiary/aromatic N) is 1. The molecule has 0 spiro atoms. The summed E-state index contributed by atoms with van der Waals surface area (Å²) in [6, 6.07) is 7.64. The molecular weight excluding hydrogens is 579 g/mol. The van der Waals surface area contributed by atoms with Gasteiger partial charge in [0.25, 0.3) is 5.91 Å². The summed E-state index contributed by atoms with van der Waals surface area (Å²) >= 11 is 0. The third-order valence-electron chi connectivity index (χ3n) is 6.71. The van der Waals surface area contributed by atoms with Crippen LogP contribution < -0.4 is 15.5 Å². The molecule has 1 amide bonds. The van der Waals surface area contributed by atoms with Crippen molar-refractivity contribution in [3.05, 3.63) is 95.8 Å². The summed E-state index contributed by atoms with van der Waals surface area (Å²) in [5.41, 5.74) is 0.265. The van der Waals surface area contributed by atoms with Crippen molar-refractivity contribution in [1.82, 2.24) is 4.57 Å². The quantitative estimate of drug-likeness (QED) is 0.208. The summed E-state index contributed by atoms with van der Waals surface area (Å²) in [5, 5.41) is 46.9. The van der Waals surface area contributed by atoms with E-state index in [1.165, 1.54) is 30.3 Å². The molecular formula is C33H33CaFN2O6. The number of amides is 1. The summed E-state index contributed by atoms with van der Waals surface area (Å²) in [5.74, 6) is -3.85. The van der Waals surface area contributed by atoms with E-state index < -0.39 is 78.2 Å². The summed E-state index contributed by atoms with van der Waals surface area (Å²) in [4.78, 5) is 25.2. The number of carbonyl (C=O) groups excluding carboxylic acids is 2. The molecule has 8 nitrogen and oxygen atoms in total. The van der Waals surface area contributed by atoms with E-state index in [-0.39, 0.29) is 85.2 Å². The van der Waals surface area contributed by atoms with Crippen molar-refractivity contribution in [2.45, 2.75) is 57.8 Å². The molecule has 0 bridgehead atoms. The first-order valence-electron chi connectivity index (χ1n) is 15.9. The van der Waals surface area contributed by atoms with Crippen molar-refractivity contribution in [2.75, 3.05) is 5.32 Å². The number of aliphatic hydroxyl groups excluding tert-OH is 2. The molecule has 3 N–H and O–H groups in total. The predicted molar refractivity (Wildman–Crippen MR) is 160 cm³/mol. The number of anilines is 1. The van der Waals surface area contributed by atoms with Gasteiger partial charge in [0.2, 0.25) is 0 Å². The largest absolute Gasteiger partial charge is 2.00 e. The standard InChI is InChI=1S/C33H35FN2O6.Ca/c1-20(2)31-30(33(42)35-26-10-6-7-11-27(26)39)29(21-8-4-3-5-9-21)32(22-12-14-23(34)15-13-22)36(31)17-16-24(37)18-25(38)19-28(40)41;/h3-15,20,24-25,37-39H,16-19H2,1-2H3,(H,35,42)(H,40,41);/q;+2/p-2/t24-,25-;/m1./s1/i3D,4D,5D,8D,9D;. The molecule has 0 saturated carbocycles. The van der Waals surface area contributed by atoms with Crippen LogP contribution in [0.4, 0.5) is 10.1 Å². The predicted octanol–water partition coefficient (Wildman–Crippen LogP) is 3.67. The molecule has 4 aromatic rings. The van der Waals surface area contributed by atoms with E-state index in [2.05, 4.69) is 5.32 Å². The maximum atomic E-state index is 14.3. The number of hydrogen-bond acceptors (Lipinski definition) is 6. The van der Waals surface area contributed by atoms with Gasteiger partial charge in [-0.1, -0.05) is 68.0 Å². The zero-order valence-electron chi connectivity index (χ0n) is 28.7. The monoisotopic (exact) mass is 617 g/mol. The number of para-hydroxylation sites is 2. The molecule has 1 aromatic heterocycles. The number of nitrogens with one attached hydrogen (secondary N) is 1. The van der Waals surface area contributed by atoms with Gasteiger partial charge in [0, 0.05) is 35.9 Å². The average molecular weight is 618 g/mol. The normalized spacial score (nSPS) is 14.0. The van der Waals surface area contributed by atoms with Gasteiger partial charge in [-0.15, -0.1) is 0 Å². The number of aliphatic hydroxyl groups is 2. The summed E-state index contributed by atoms with van der Waals surface area (Å²) in [6.07, 6.45) is -3.68. The Labute approximate surface area is 286 Å². The second-order valence-corrected chi connectivity index (χ2v) is 10.2. The maximum absolute atomic E-state index is 14.3. The molecule has 0 unspecified atom stereocenters. The molecule has 43 heavy (non-hydrogen) atoms. The minimum atomic E-state index is -1.49. The Morgan fingerprint density at radius 3 is 2.26 bits per heavy atom. The fraction of sp³-hybridized carbons (Fsp3) is 0.273. The summed E-state index contributed by atoms with van der Waals surface area (Å²) in [7, 11) is 0. The van der Waals surface area contributed by atoms with Crippen LogP contribution in [-0.4, -0.2) is 76.6 Å². The molecule has 0 fully saturated rings. The van der Waals surface area contributed by atoms with Gasteiger partial charge in [0.1, 0.15) is 5.82 Å². The Morgan fingerprint density at radius 1 is 1.00 bits per heavy atom. The van der Waals surface area contributed by atoms with Crippen molar-refractivity contribution in [3.63, 3.8) is 0 Å². The number of benzene rings is 3. The average Bonchev–Trinajstić information content (AvgIpc) is 3.34. The molecule has 0 aliphatic rings. The number of hydrogen-bond donors (Lipinski definition) is 3. The van der Waals surface area contributed by atoms with E-state index in [1.807, 2.05) is 0 Å². The molecule has 0 radical (unpaired) electrons. The maximum Gasteiger partial charge on any atom is 2.00 e. The number of carboxylic acids is 1. The van der Waals surface area contributed by atoms with Crippen LogP contribution in [0.3, 0.4) is 0 Å². The molecule has 2 atom stereocenters. The Morgan fingerprint density at radius 2 is 1.65 bits per heavy atom. The van der Waals surface area contributed by atoms with Crippen LogP contribution >= 0.6 is 0 Å². The van der Waals surface area contributed by atoms with Gasteiger partial charge in [0.05, 0.1) is 30.3 Å². The van der Waals surface area contributed by atoms with Gasteiger partial charge in [-0.25, -0.2) is 4.39 Å². The molecule has 3 aromatic carbocycles. The zero-order chi connectivity index (χ0) is 34.7. The Kier molecular flexibility index (Phi) is 9.85. The zero-order valence-corrected chi connectivity index (χ0v) is 25.9. The van der Waals surface area contributed by atoms with Gasteiger partial charge in [0.15, 0.2) is 0 Å². The van der Waals surface area contributed by atoms with Crippen LogP contribution in [0, 0.1) is 5.82 Å². The topological polar surface area (TPSA) is 138 Å². The van der Waals surface area contributed by atoms with Crippen molar-refractivity contribution in [1.29, 1.82) is 0 Å². The Hall–Kier alpha value is -3.21. The smallest absolute Gasteiger partial charge is 0.871 e. The molecule has 4 rings (SSSR count). The van der Waals surface area contributed by atoms with Crippen molar-refractivity contribution < 1.29 is 41.3 Å². The van der Waals surface area contributed by atoms with Crippen molar-refractivity contribution in [2.24, 2.45) is 0 Å². The van der Waals surface area contributed by atoms with Crippen LogP contribution in [0.15, 0.2) is 78.7 Å².